The Morgan fingerprint density at radius 2 is 1.83 bits per heavy atom. The average Bonchev–Trinajstić information content (AvgIpc) is 2.61. The van der Waals surface area contributed by atoms with Crippen LogP contribution < -0.4 is 10.6 Å². The summed E-state index contributed by atoms with van der Waals surface area (Å²) in [6.45, 7) is -0.128. The summed E-state index contributed by atoms with van der Waals surface area (Å²) in [6, 6.07) is 12.6. The monoisotopic (exact) mass is 306 g/mol. The molecule has 6 heteroatoms. The van der Waals surface area contributed by atoms with Crippen LogP contribution in [-0.4, -0.2) is 28.3 Å². The van der Waals surface area contributed by atoms with Crippen molar-refractivity contribution in [3.05, 3.63) is 66.6 Å². The molecule has 1 aromatic carbocycles. The smallest absolute Gasteiger partial charge is 0.253 e. The molecule has 23 heavy (non-hydrogen) atoms. The summed E-state index contributed by atoms with van der Waals surface area (Å²) in [5, 5.41) is 6.25. The molecular weight excluding hydrogens is 292 g/mol. The van der Waals surface area contributed by atoms with E-state index in [2.05, 4.69) is 20.6 Å². The van der Waals surface area contributed by atoms with Crippen molar-refractivity contribution < 1.29 is 9.59 Å². The van der Waals surface area contributed by atoms with Gasteiger partial charge in [-0.3, -0.25) is 19.6 Å². The quantitative estimate of drug-likeness (QED) is 0.772. The lowest BCUT2D eigenvalue weighted by Crippen LogP contribution is -2.32. The van der Waals surface area contributed by atoms with E-state index in [0.717, 1.165) is 5.39 Å². The third kappa shape index (κ3) is 3.49. The standard InChI is InChI=1S/C17H14N4O2/c22-15(11-20-17(23)13-6-2-8-18-10-13)21-14-7-1-4-12-5-3-9-19-16(12)14/h1-10H,11H2,(H,20,23)(H,21,22). The summed E-state index contributed by atoms with van der Waals surface area (Å²) in [6.07, 6.45) is 4.70. The third-order valence-corrected chi connectivity index (χ3v) is 3.24. The van der Waals surface area contributed by atoms with Crippen molar-refractivity contribution in [3.8, 4) is 0 Å². The molecular formula is C17H14N4O2. The van der Waals surface area contributed by atoms with E-state index in [9.17, 15) is 9.59 Å². The normalized spacial score (nSPS) is 10.3. The van der Waals surface area contributed by atoms with Gasteiger partial charge in [0.25, 0.3) is 5.91 Å². The molecule has 0 unspecified atom stereocenters. The van der Waals surface area contributed by atoms with Crippen molar-refractivity contribution in [1.82, 2.24) is 15.3 Å². The predicted octanol–water partition coefficient (Wildman–Crippen LogP) is 2.00. The van der Waals surface area contributed by atoms with Gasteiger partial charge in [-0.15, -0.1) is 0 Å². The van der Waals surface area contributed by atoms with Gasteiger partial charge in [0.15, 0.2) is 0 Å². The second-order valence-corrected chi connectivity index (χ2v) is 4.85. The third-order valence-electron chi connectivity index (χ3n) is 3.24. The summed E-state index contributed by atoms with van der Waals surface area (Å²) < 4.78 is 0. The lowest BCUT2D eigenvalue weighted by molar-refractivity contribution is -0.115. The first-order valence-electron chi connectivity index (χ1n) is 7.06. The van der Waals surface area contributed by atoms with Crippen molar-refractivity contribution in [1.29, 1.82) is 0 Å². The highest BCUT2D eigenvalue weighted by molar-refractivity contribution is 6.03. The van der Waals surface area contributed by atoms with Gasteiger partial charge in [-0.1, -0.05) is 18.2 Å². The number of rotatable bonds is 4. The Kier molecular flexibility index (Phi) is 4.24. The minimum absolute atomic E-state index is 0.128. The number of aromatic nitrogens is 2. The number of nitrogens with one attached hydrogen (secondary N) is 2. The SMILES string of the molecule is O=C(CNC(=O)c1cccnc1)Nc1cccc2cccnc12. The molecule has 0 fully saturated rings. The van der Waals surface area contributed by atoms with E-state index >= 15 is 0 Å². The fraction of sp³-hybridized carbons (Fsp3) is 0.0588. The van der Waals surface area contributed by atoms with Crippen LogP contribution in [0.2, 0.25) is 0 Å². The van der Waals surface area contributed by atoms with E-state index in [-0.39, 0.29) is 18.4 Å². The van der Waals surface area contributed by atoms with Crippen LogP contribution in [0.5, 0.6) is 0 Å². The molecule has 2 aromatic heterocycles. The van der Waals surface area contributed by atoms with E-state index in [1.165, 1.54) is 6.20 Å². The number of fused-ring (bicyclic) bond motifs is 1. The Labute approximate surface area is 132 Å². The minimum atomic E-state index is -0.343. The number of nitrogens with zero attached hydrogens (tertiary/aromatic N) is 2. The minimum Gasteiger partial charge on any atom is -0.343 e. The molecule has 2 heterocycles. The number of carbonyl (C=O) groups is 2. The molecule has 6 nitrogen and oxygen atoms in total. The zero-order valence-corrected chi connectivity index (χ0v) is 12.2. The number of para-hydroxylation sites is 1. The van der Waals surface area contributed by atoms with Crippen molar-refractivity contribution in [2.24, 2.45) is 0 Å². The Bertz CT molecular complexity index is 844. The topological polar surface area (TPSA) is 84.0 Å². The van der Waals surface area contributed by atoms with Gasteiger partial charge in [0.1, 0.15) is 0 Å². The van der Waals surface area contributed by atoms with Gasteiger partial charge in [0.2, 0.25) is 5.91 Å². The molecule has 0 atom stereocenters. The van der Waals surface area contributed by atoms with Crippen molar-refractivity contribution in [2.45, 2.75) is 0 Å². The molecule has 3 rings (SSSR count). The first-order valence-corrected chi connectivity index (χ1v) is 7.06. The Morgan fingerprint density at radius 1 is 1.00 bits per heavy atom. The van der Waals surface area contributed by atoms with E-state index in [0.29, 0.717) is 16.8 Å². The van der Waals surface area contributed by atoms with Crippen molar-refractivity contribution in [3.63, 3.8) is 0 Å². The van der Waals surface area contributed by atoms with Gasteiger partial charge in [-0.05, 0) is 24.3 Å². The van der Waals surface area contributed by atoms with Gasteiger partial charge in [0, 0.05) is 24.0 Å². The molecule has 114 valence electrons. The summed E-state index contributed by atoms with van der Waals surface area (Å²) in [5.74, 6) is -0.662. The van der Waals surface area contributed by atoms with Crippen LogP contribution in [-0.2, 0) is 4.79 Å². The summed E-state index contributed by atoms with van der Waals surface area (Å²) >= 11 is 0. The molecule has 2 N–H and O–H groups in total. The van der Waals surface area contributed by atoms with Crippen LogP contribution in [0, 0.1) is 0 Å². The fourth-order valence-electron chi connectivity index (χ4n) is 2.16. The zero-order chi connectivity index (χ0) is 16.1. The average molecular weight is 306 g/mol. The first-order chi connectivity index (χ1) is 11.2. The van der Waals surface area contributed by atoms with Gasteiger partial charge in [-0.2, -0.15) is 0 Å². The van der Waals surface area contributed by atoms with Crippen LogP contribution >= 0.6 is 0 Å². The largest absolute Gasteiger partial charge is 0.343 e. The van der Waals surface area contributed by atoms with E-state index in [4.69, 9.17) is 0 Å². The fourth-order valence-corrected chi connectivity index (χ4v) is 2.16. The van der Waals surface area contributed by atoms with Crippen LogP contribution in [0.25, 0.3) is 10.9 Å². The Hall–Kier alpha value is -3.28. The van der Waals surface area contributed by atoms with E-state index in [1.807, 2.05) is 24.3 Å². The predicted molar refractivity (Wildman–Crippen MR) is 86.9 cm³/mol. The van der Waals surface area contributed by atoms with Crippen molar-refractivity contribution >= 4 is 28.4 Å². The highest BCUT2D eigenvalue weighted by Gasteiger charge is 2.09. The van der Waals surface area contributed by atoms with Crippen LogP contribution in [0.1, 0.15) is 10.4 Å². The molecule has 3 aromatic rings. The first kappa shape index (κ1) is 14.6. The number of benzene rings is 1. The number of carbonyl (C=O) groups excluding carboxylic acids is 2. The lowest BCUT2D eigenvalue weighted by atomic mass is 10.2. The molecule has 0 spiro atoms. The maximum Gasteiger partial charge on any atom is 0.253 e. The number of hydrogen-bond acceptors (Lipinski definition) is 4. The molecule has 0 aliphatic rings. The Balaban J connectivity index is 1.64. The molecule has 0 aliphatic carbocycles. The molecule has 0 saturated heterocycles. The van der Waals surface area contributed by atoms with Gasteiger partial charge in [-0.25, -0.2) is 0 Å². The summed E-state index contributed by atoms with van der Waals surface area (Å²) in [4.78, 5) is 32.0. The Morgan fingerprint density at radius 3 is 2.65 bits per heavy atom. The van der Waals surface area contributed by atoms with Gasteiger partial charge >= 0.3 is 0 Å². The van der Waals surface area contributed by atoms with E-state index in [1.54, 1.807) is 30.6 Å². The van der Waals surface area contributed by atoms with Crippen LogP contribution in [0.4, 0.5) is 5.69 Å². The molecule has 2 amide bonds. The highest BCUT2D eigenvalue weighted by Crippen LogP contribution is 2.20. The van der Waals surface area contributed by atoms with Crippen molar-refractivity contribution in [2.75, 3.05) is 11.9 Å². The number of hydrogen-bond donors (Lipinski definition) is 2. The highest BCUT2D eigenvalue weighted by atomic mass is 16.2. The maximum atomic E-state index is 12.0. The van der Waals surface area contributed by atoms with Crippen LogP contribution in [0.15, 0.2) is 61.1 Å². The molecule has 0 aliphatic heterocycles. The second-order valence-electron chi connectivity index (χ2n) is 4.85. The van der Waals surface area contributed by atoms with Gasteiger partial charge in [0.05, 0.1) is 23.3 Å². The number of pyridine rings is 2. The van der Waals surface area contributed by atoms with Gasteiger partial charge < -0.3 is 10.6 Å². The zero-order valence-electron chi connectivity index (χ0n) is 12.2. The summed E-state index contributed by atoms with van der Waals surface area (Å²) in [5.41, 5.74) is 1.73. The molecule has 0 radical (unpaired) electrons. The lowest BCUT2D eigenvalue weighted by Gasteiger charge is -2.09. The maximum absolute atomic E-state index is 12.0. The molecule has 0 saturated carbocycles. The van der Waals surface area contributed by atoms with Crippen LogP contribution in [0.3, 0.4) is 0 Å². The van der Waals surface area contributed by atoms with E-state index < -0.39 is 0 Å². The second kappa shape index (κ2) is 6.65. The number of amides is 2. The molecule has 0 bridgehead atoms. The summed E-state index contributed by atoms with van der Waals surface area (Å²) in [7, 11) is 0. The number of anilines is 1.